The molecule has 1 unspecified atom stereocenters. The summed E-state index contributed by atoms with van der Waals surface area (Å²) in [6.45, 7) is 3.80. The minimum absolute atomic E-state index is 0.0201. The van der Waals surface area contributed by atoms with Crippen LogP contribution in [0.3, 0.4) is 0 Å². The van der Waals surface area contributed by atoms with Gasteiger partial charge in [-0.1, -0.05) is 0 Å². The van der Waals surface area contributed by atoms with E-state index >= 15 is 0 Å². The Kier molecular flexibility index (Phi) is 4.89. The summed E-state index contributed by atoms with van der Waals surface area (Å²) in [5.41, 5.74) is 3.26. The van der Waals surface area contributed by atoms with Crippen molar-refractivity contribution in [3.63, 3.8) is 0 Å². The first kappa shape index (κ1) is 16.8. The molecule has 2 amide bonds. The Labute approximate surface area is 146 Å². The van der Waals surface area contributed by atoms with E-state index in [-0.39, 0.29) is 18.2 Å². The van der Waals surface area contributed by atoms with Crippen LogP contribution in [0.2, 0.25) is 0 Å². The average Bonchev–Trinajstić information content (AvgIpc) is 3.03. The number of rotatable bonds is 4. The Morgan fingerprint density at radius 3 is 3.08 bits per heavy atom. The normalized spacial score (nSPS) is 16.0. The highest BCUT2D eigenvalue weighted by atomic mass is 16.5. The molecule has 7 heteroatoms. The molecule has 0 spiro atoms. The fraction of sp³-hybridized carbons (Fsp3) is 0.389. The van der Waals surface area contributed by atoms with Gasteiger partial charge in [-0.3, -0.25) is 5.10 Å². The van der Waals surface area contributed by atoms with Crippen LogP contribution in [-0.2, 0) is 12.8 Å². The average molecular weight is 339 g/mol. The Hall–Kier alpha value is -3.01. The molecule has 3 N–H and O–H groups in total. The summed E-state index contributed by atoms with van der Waals surface area (Å²) in [6.07, 6.45) is 4.30. The van der Waals surface area contributed by atoms with Gasteiger partial charge in [0.2, 0.25) is 0 Å². The number of carbonyl (C=O) groups is 1. The minimum Gasteiger partial charge on any atom is -0.490 e. The molecule has 0 saturated carbocycles. The monoisotopic (exact) mass is 339 g/mol. The number of nitrogens with one attached hydrogen (secondary N) is 3. The van der Waals surface area contributed by atoms with E-state index in [4.69, 9.17) is 4.74 Å². The van der Waals surface area contributed by atoms with Crippen molar-refractivity contribution < 1.29 is 9.53 Å². The minimum atomic E-state index is -0.279. The van der Waals surface area contributed by atoms with Gasteiger partial charge in [-0.25, -0.2) is 4.79 Å². The van der Waals surface area contributed by atoms with Crippen molar-refractivity contribution in [1.82, 2.24) is 15.5 Å². The van der Waals surface area contributed by atoms with Crippen LogP contribution in [-0.4, -0.2) is 28.4 Å². The number of hydrogen-bond acceptors (Lipinski definition) is 4. The van der Waals surface area contributed by atoms with Crippen LogP contribution in [0, 0.1) is 11.3 Å². The van der Waals surface area contributed by atoms with Crippen LogP contribution in [0.25, 0.3) is 0 Å². The number of nitriles is 1. The molecular weight excluding hydrogens is 318 g/mol. The summed E-state index contributed by atoms with van der Waals surface area (Å²) in [6, 6.07) is 6.94. The molecule has 1 heterocycles. The predicted octanol–water partition coefficient (Wildman–Crippen LogP) is 2.75. The summed E-state index contributed by atoms with van der Waals surface area (Å²) in [5, 5.41) is 22.0. The van der Waals surface area contributed by atoms with Crippen LogP contribution in [0.4, 0.5) is 10.5 Å². The van der Waals surface area contributed by atoms with Crippen LogP contribution in [0.15, 0.2) is 24.4 Å². The first-order valence-corrected chi connectivity index (χ1v) is 8.34. The molecule has 1 aliphatic carbocycles. The number of anilines is 1. The number of benzene rings is 1. The largest absolute Gasteiger partial charge is 0.490 e. The van der Waals surface area contributed by atoms with E-state index in [1.807, 2.05) is 20.0 Å². The van der Waals surface area contributed by atoms with Crippen LogP contribution < -0.4 is 15.4 Å². The smallest absolute Gasteiger partial charge is 0.319 e. The number of aryl methyl sites for hydroxylation is 1. The molecule has 1 aromatic heterocycles. The number of carbonyl (C=O) groups excluding carboxylic acids is 1. The van der Waals surface area contributed by atoms with Crippen LogP contribution in [0.5, 0.6) is 5.75 Å². The van der Waals surface area contributed by atoms with Crippen LogP contribution in [0.1, 0.15) is 37.1 Å². The second kappa shape index (κ2) is 7.26. The number of amides is 2. The van der Waals surface area contributed by atoms with E-state index in [0.717, 1.165) is 30.5 Å². The molecule has 130 valence electrons. The predicted molar refractivity (Wildman–Crippen MR) is 93.5 cm³/mol. The lowest BCUT2D eigenvalue weighted by Gasteiger charge is -2.23. The number of fused-ring (bicyclic) bond motifs is 1. The third-order valence-corrected chi connectivity index (χ3v) is 4.07. The van der Waals surface area contributed by atoms with Crippen molar-refractivity contribution in [3.05, 3.63) is 41.2 Å². The maximum atomic E-state index is 12.2. The fourth-order valence-corrected chi connectivity index (χ4v) is 2.94. The van der Waals surface area contributed by atoms with E-state index in [1.165, 1.54) is 0 Å². The third-order valence-electron chi connectivity index (χ3n) is 4.07. The lowest BCUT2D eigenvalue weighted by Crippen LogP contribution is -2.41. The van der Waals surface area contributed by atoms with Gasteiger partial charge < -0.3 is 15.4 Å². The molecule has 1 aliphatic rings. The maximum absolute atomic E-state index is 12.2. The van der Waals surface area contributed by atoms with Crippen molar-refractivity contribution in [2.75, 3.05) is 5.32 Å². The molecule has 0 radical (unpaired) electrons. The second-order valence-corrected chi connectivity index (χ2v) is 6.40. The maximum Gasteiger partial charge on any atom is 0.319 e. The van der Waals surface area contributed by atoms with Gasteiger partial charge in [0, 0.05) is 17.4 Å². The zero-order chi connectivity index (χ0) is 17.8. The lowest BCUT2D eigenvalue weighted by molar-refractivity contribution is 0.241. The SMILES string of the molecule is CC(C)Oc1ccc(NC(=O)NC2CCc3[nH]ncc3C2)cc1C#N. The number of ether oxygens (including phenoxy) is 1. The van der Waals surface area contributed by atoms with Crippen molar-refractivity contribution >= 4 is 11.7 Å². The highest BCUT2D eigenvalue weighted by Gasteiger charge is 2.21. The number of urea groups is 1. The summed E-state index contributed by atoms with van der Waals surface area (Å²) in [7, 11) is 0. The zero-order valence-corrected chi connectivity index (χ0v) is 14.3. The van der Waals surface area contributed by atoms with Gasteiger partial charge >= 0.3 is 6.03 Å². The summed E-state index contributed by atoms with van der Waals surface area (Å²) < 4.78 is 5.58. The van der Waals surface area contributed by atoms with Crippen molar-refractivity contribution in [2.24, 2.45) is 0 Å². The van der Waals surface area contributed by atoms with E-state index in [0.29, 0.717) is 17.0 Å². The third kappa shape index (κ3) is 4.10. The van der Waals surface area contributed by atoms with Crippen molar-refractivity contribution in [2.45, 2.75) is 45.3 Å². The Balaban J connectivity index is 1.61. The molecule has 25 heavy (non-hydrogen) atoms. The molecule has 0 aliphatic heterocycles. The first-order valence-electron chi connectivity index (χ1n) is 8.34. The van der Waals surface area contributed by atoms with Gasteiger partial charge in [0.15, 0.2) is 0 Å². The van der Waals surface area contributed by atoms with Gasteiger partial charge in [-0.2, -0.15) is 10.4 Å². The van der Waals surface area contributed by atoms with Gasteiger partial charge in [0.25, 0.3) is 0 Å². The van der Waals surface area contributed by atoms with Gasteiger partial charge in [-0.05, 0) is 56.9 Å². The Morgan fingerprint density at radius 1 is 1.48 bits per heavy atom. The topological polar surface area (TPSA) is 103 Å². The molecule has 1 aromatic carbocycles. The standard InChI is InChI=1S/C18H21N5O2/c1-11(2)25-17-6-4-15(7-12(17)9-19)22-18(24)21-14-3-5-16-13(8-14)10-20-23-16/h4,6-7,10-11,14H,3,5,8H2,1-2H3,(H,20,23)(H2,21,22,24). The van der Waals surface area contributed by atoms with Gasteiger partial charge in [0.05, 0.1) is 17.9 Å². The van der Waals surface area contributed by atoms with Gasteiger partial charge in [0.1, 0.15) is 11.8 Å². The summed E-state index contributed by atoms with van der Waals surface area (Å²) in [4.78, 5) is 12.2. The molecule has 7 nitrogen and oxygen atoms in total. The number of aromatic nitrogens is 2. The fourth-order valence-electron chi connectivity index (χ4n) is 2.94. The van der Waals surface area contributed by atoms with E-state index in [2.05, 4.69) is 26.9 Å². The lowest BCUT2D eigenvalue weighted by atomic mass is 9.94. The molecule has 0 fully saturated rings. The number of H-pyrrole nitrogens is 1. The molecule has 2 aromatic rings. The summed E-state index contributed by atoms with van der Waals surface area (Å²) in [5.74, 6) is 0.517. The molecule has 3 rings (SSSR count). The van der Waals surface area contributed by atoms with E-state index < -0.39 is 0 Å². The molecule has 0 bridgehead atoms. The van der Waals surface area contributed by atoms with E-state index in [9.17, 15) is 10.1 Å². The van der Waals surface area contributed by atoms with Crippen molar-refractivity contribution in [3.8, 4) is 11.8 Å². The molecule has 1 atom stereocenters. The van der Waals surface area contributed by atoms with Crippen molar-refractivity contribution in [1.29, 1.82) is 5.26 Å². The molecular formula is C18H21N5O2. The van der Waals surface area contributed by atoms with Crippen LogP contribution >= 0.6 is 0 Å². The Bertz CT molecular complexity index is 806. The second-order valence-electron chi connectivity index (χ2n) is 6.40. The first-order chi connectivity index (χ1) is 12.0. The number of aromatic amines is 1. The van der Waals surface area contributed by atoms with E-state index in [1.54, 1.807) is 18.2 Å². The quantitative estimate of drug-likeness (QED) is 0.797. The summed E-state index contributed by atoms with van der Waals surface area (Å²) >= 11 is 0. The zero-order valence-electron chi connectivity index (χ0n) is 14.3. The molecule has 0 saturated heterocycles. The number of nitrogens with zero attached hydrogens (tertiary/aromatic N) is 2. The number of hydrogen-bond donors (Lipinski definition) is 3. The Morgan fingerprint density at radius 2 is 2.32 bits per heavy atom. The highest BCUT2D eigenvalue weighted by molar-refractivity contribution is 5.89. The highest BCUT2D eigenvalue weighted by Crippen LogP contribution is 2.23. The van der Waals surface area contributed by atoms with Gasteiger partial charge in [-0.15, -0.1) is 0 Å².